The van der Waals surface area contributed by atoms with Gasteiger partial charge in [0.15, 0.2) is 0 Å². The Bertz CT molecular complexity index is 558. The summed E-state index contributed by atoms with van der Waals surface area (Å²) < 4.78 is 0. The lowest BCUT2D eigenvalue weighted by molar-refractivity contribution is 0.424. The SMILES string of the molecule is CCC1CCC(N)(c2ccc(-c3ccccc3)cc2)C1. The van der Waals surface area contributed by atoms with Crippen LogP contribution in [0.15, 0.2) is 54.6 Å². The lowest BCUT2D eigenvalue weighted by atomic mass is 9.87. The van der Waals surface area contributed by atoms with Crippen LogP contribution >= 0.6 is 0 Å². The zero-order chi connectivity index (χ0) is 14.0. The molecule has 3 rings (SSSR count). The first-order valence-corrected chi connectivity index (χ1v) is 7.66. The fourth-order valence-corrected chi connectivity index (χ4v) is 3.42. The molecule has 2 aromatic carbocycles. The maximum absolute atomic E-state index is 6.64. The molecule has 0 radical (unpaired) electrons. The van der Waals surface area contributed by atoms with Crippen molar-refractivity contribution >= 4 is 0 Å². The zero-order valence-corrected chi connectivity index (χ0v) is 12.2. The van der Waals surface area contributed by atoms with Gasteiger partial charge in [0.25, 0.3) is 0 Å². The van der Waals surface area contributed by atoms with Gasteiger partial charge < -0.3 is 5.73 Å². The highest BCUT2D eigenvalue weighted by molar-refractivity contribution is 5.63. The average molecular weight is 265 g/mol. The molecule has 104 valence electrons. The number of hydrogen-bond acceptors (Lipinski definition) is 1. The Hall–Kier alpha value is -1.60. The Morgan fingerprint density at radius 1 is 1.00 bits per heavy atom. The highest BCUT2D eigenvalue weighted by atomic mass is 14.8. The maximum atomic E-state index is 6.64. The highest BCUT2D eigenvalue weighted by Crippen LogP contribution is 2.41. The van der Waals surface area contributed by atoms with Crippen molar-refractivity contribution < 1.29 is 0 Å². The number of hydrogen-bond donors (Lipinski definition) is 1. The van der Waals surface area contributed by atoms with E-state index in [1.807, 2.05) is 0 Å². The van der Waals surface area contributed by atoms with Gasteiger partial charge in [0.05, 0.1) is 0 Å². The molecule has 2 N–H and O–H groups in total. The molecule has 0 heterocycles. The Balaban J connectivity index is 1.83. The molecule has 1 aliphatic rings. The smallest absolute Gasteiger partial charge is 0.0412 e. The molecule has 0 saturated heterocycles. The van der Waals surface area contributed by atoms with Crippen LogP contribution in [-0.2, 0) is 5.54 Å². The second-order valence-electron chi connectivity index (χ2n) is 6.12. The van der Waals surface area contributed by atoms with Crippen molar-refractivity contribution in [1.82, 2.24) is 0 Å². The molecule has 0 amide bonds. The molecule has 0 spiro atoms. The molecule has 20 heavy (non-hydrogen) atoms. The van der Waals surface area contributed by atoms with E-state index in [1.54, 1.807) is 0 Å². The van der Waals surface area contributed by atoms with Gasteiger partial charge in [0, 0.05) is 5.54 Å². The van der Waals surface area contributed by atoms with Gasteiger partial charge in [-0.05, 0) is 41.9 Å². The highest BCUT2D eigenvalue weighted by Gasteiger charge is 2.36. The van der Waals surface area contributed by atoms with Crippen LogP contribution in [0.2, 0.25) is 0 Å². The Morgan fingerprint density at radius 2 is 1.65 bits per heavy atom. The molecule has 1 aliphatic carbocycles. The summed E-state index contributed by atoms with van der Waals surface area (Å²) in [4.78, 5) is 0. The fraction of sp³-hybridized carbons (Fsp3) is 0.368. The minimum Gasteiger partial charge on any atom is -0.321 e. The quantitative estimate of drug-likeness (QED) is 0.854. The number of nitrogens with two attached hydrogens (primary N) is 1. The normalized spacial score (nSPS) is 25.8. The summed E-state index contributed by atoms with van der Waals surface area (Å²) in [5.41, 5.74) is 10.4. The van der Waals surface area contributed by atoms with Gasteiger partial charge in [-0.1, -0.05) is 67.9 Å². The molecule has 2 aromatic rings. The van der Waals surface area contributed by atoms with Crippen molar-refractivity contribution in [3.8, 4) is 11.1 Å². The largest absolute Gasteiger partial charge is 0.321 e. The predicted octanol–water partition coefficient (Wildman–Crippen LogP) is 4.72. The third-order valence-electron chi connectivity index (χ3n) is 4.80. The van der Waals surface area contributed by atoms with Crippen molar-refractivity contribution in [3.63, 3.8) is 0 Å². The van der Waals surface area contributed by atoms with E-state index in [9.17, 15) is 0 Å². The van der Waals surface area contributed by atoms with Gasteiger partial charge in [-0.15, -0.1) is 0 Å². The van der Waals surface area contributed by atoms with E-state index in [1.165, 1.54) is 29.5 Å². The van der Waals surface area contributed by atoms with Crippen LogP contribution in [0, 0.1) is 5.92 Å². The fourth-order valence-electron chi connectivity index (χ4n) is 3.42. The van der Waals surface area contributed by atoms with E-state index >= 15 is 0 Å². The molecular weight excluding hydrogens is 242 g/mol. The van der Waals surface area contributed by atoms with Gasteiger partial charge in [-0.2, -0.15) is 0 Å². The standard InChI is InChI=1S/C19H23N/c1-2-15-12-13-19(20,14-15)18-10-8-17(9-11-18)16-6-4-3-5-7-16/h3-11,15H,2,12-14,20H2,1H3. The Labute approximate surface area is 121 Å². The van der Waals surface area contributed by atoms with E-state index < -0.39 is 0 Å². The first kappa shape index (κ1) is 13.4. The maximum Gasteiger partial charge on any atom is 0.0412 e. The van der Waals surface area contributed by atoms with Crippen molar-refractivity contribution in [2.75, 3.05) is 0 Å². The van der Waals surface area contributed by atoms with E-state index in [-0.39, 0.29) is 5.54 Å². The molecule has 0 aromatic heterocycles. The molecule has 2 unspecified atom stereocenters. The van der Waals surface area contributed by atoms with Gasteiger partial charge in [0.2, 0.25) is 0 Å². The molecule has 1 fully saturated rings. The van der Waals surface area contributed by atoms with Crippen LogP contribution in [0.5, 0.6) is 0 Å². The van der Waals surface area contributed by atoms with Gasteiger partial charge in [-0.3, -0.25) is 0 Å². The summed E-state index contributed by atoms with van der Waals surface area (Å²) in [5.74, 6) is 0.800. The Kier molecular flexibility index (Phi) is 3.62. The van der Waals surface area contributed by atoms with Gasteiger partial charge in [0.1, 0.15) is 0 Å². The van der Waals surface area contributed by atoms with Crippen LogP contribution < -0.4 is 5.73 Å². The second kappa shape index (κ2) is 5.41. The first-order chi connectivity index (χ1) is 9.71. The van der Waals surface area contributed by atoms with Crippen LogP contribution in [0.3, 0.4) is 0 Å². The van der Waals surface area contributed by atoms with Crippen LogP contribution in [0.4, 0.5) is 0 Å². The van der Waals surface area contributed by atoms with E-state index in [2.05, 4.69) is 61.5 Å². The van der Waals surface area contributed by atoms with Crippen molar-refractivity contribution in [2.45, 2.75) is 38.1 Å². The molecular formula is C19H23N. The van der Waals surface area contributed by atoms with Crippen LogP contribution in [-0.4, -0.2) is 0 Å². The Morgan fingerprint density at radius 3 is 2.25 bits per heavy atom. The minimum atomic E-state index is -0.101. The third kappa shape index (κ3) is 2.51. The molecule has 0 bridgehead atoms. The lowest BCUT2D eigenvalue weighted by Gasteiger charge is -2.25. The second-order valence-corrected chi connectivity index (χ2v) is 6.12. The van der Waals surface area contributed by atoms with Gasteiger partial charge in [-0.25, -0.2) is 0 Å². The summed E-state index contributed by atoms with van der Waals surface area (Å²) in [5, 5.41) is 0. The predicted molar refractivity (Wildman–Crippen MR) is 85.4 cm³/mol. The summed E-state index contributed by atoms with van der Waals surface area (Å²) in [6.45, 7) is 2.27. The van der Waals surface area contributed by atoms with Crippen LogP contribution in [0.25, 0.3) is 11.1 Å². The minimum absolute atomic E-state index is 0.101. The van der Waals surface area contributed by atoms with Crippen molar-refractivity contribution in [2.24, 2.45) is 11.7 Å². The molecule has 2 atom stereocenters. The number of rotatable bonds is 3. The summed E-state index contributed by atoms with van der Waals surface area (Å²) in [6.07, 6.45) is 4.78. The molecule has 1 heteroatoms. The van der Waals surface area contributed by atoms with E-state index in [4.69, 9.17) is 5.73 Å². The molecule has 1 saturated carbocycles. The lowest BCUT2D eigenvalue weighted by Crippen LogP contribution is -2.33. The monoisotopic (exact) mass is 265 g/mol. The van der Waals surface area contributed by atoms with Crippen molar-refractivity contribution in [1.29, 1.82) is 0 Å². The topological polar surface area (TPSA) is 26.0 Å². The first-order valence-electron chi connectivity index (χ1n) is 7.66. The van der Waals surface area contributed by atoms with E-state index in [0.29, 0.717) is 0 Å². The van der Waals surface area contributed by atoms with Crippen molar-refractivity contribution in [3.05, 3.63) is 60.2 Å². The molecule has 0 aliphatic heterocycles. The summed E-state index contributed by atoms with van der Waals surface area (Å²) in [6, 6.07) is 19.4. The van der Waals surface area contributed by atoms with E-state index in [0.717, 1.165) is 18.8 Å². The van der Waals surface area contributed by atoms with Gasteiger partial charge >= 0.3 is 0 Å². The summed E-state index contributed by atoms with van der Waals surface area (Å²) in [7, 11) is 0. The molecule has 1 nitrogen and oxygen atoms in total. The average Bonchev–Trinajstić information content (AvgIpc) is 2.91. The summed E-state index contributed by atoms with van der Waals surface area (Å²) >= 11 is 0. The third-order valence-corrected chi connectivity index (χ3v) is 4.80. The number of benzene rings is 2. The zero-order valence-electron chi connectivity index (χ0n) is 12.2. The van der Waals surface area contributed by atoms with Crippen LogP contribution in [0.1, 0.15) is 38.2 Å².